The molecule has 62 heavy (non-hydrogen) atoms. The average molecular weight is 795 g/mol. The van der Waals surface area contributed by atoms with Crippen molar-refractivity contribution in [1.82, 2.24) is 4.57 Å². The quantitative estimate of drug-likeness (QED) is 0.144. The fourth-order valence-corrected chi connectivity index (χ4v) is 9.31. The molecule has 0 radical (unpaired) electrons. The van der Waals surface area contributed by atoms with Crippen LogP contribution in [0.25, 0.3) is 99.3 Å². The number of aromatic nitrogens is 1. The fourth-order valence-electron chi connectivity index (χ4n) is 9.31. The summed E-state index contributed by atoms with van der Waals surface area (Å²) < 4.78 is 15.2. The second-order valence-corrected chi connectivity index (χ2v) is 15.7. The van der Waals surface area contributed by atoms with E-state index in [1.54, 1.807) is 0 Å². The molecule has 12 aromatic rings. The van der Waals surface area contributed by atoms with Crippen LogP contribution in [0, 0.1) is 0 Å². The molecule has 3 heterocycles. The van der Waals surface area contributed by atoms with Crippen molar-refractivity contribution >= 4 is 93.9 Å². The van der Waals surface area contributed by atoms with Crippen LogP contribution in [0.3, 0.4) is 0 Å². The molecule has 0 aliphatic heterocycles. The lowest BCUT2D eigenvalue weighted by Crippen LogP contribution is -2.16. The molecule has 0 bridgehead atoms. The number of furan rings is 2. The number of nitrogens with zero attached hydrogens (tertiary/aromatic N) is 2. The van der Waals surface area contributed by atoms with Gasteiger partial charge in [0.25, 0.3) is 0 Å². The molecular formula is C58H38N2O2. The molecular weight excluding hydrogens is 757 g/mol. The van der Waals surface area contributed by atoms with Gasteiger partial charge in [0.05, 0.1) is 16.7 Å². The summed E-state index contributed by atoms with van der Waals surface area (Å²) in [5.74, 6) is 0. The van der Waals surface area contributed by atoms with E-state index in [0.717, 1.165) is 88.7 Å². The van der Waals surface area contributed by atoms with Crippen LogP contribution in [0.2, 0.25) is 0 Å². The zero-order valence-electron chi connectivity index (χ0n) is 33.7. The third-order valence-electron chi connectivity index (χ3n) is 12.2. The number of rotatable bonds is 8. The van der Waals surface area contributed by atoms with Gasteiger partial charge in [0, 0.05) is 60.5 Å². The molecule has 0 unspecified atom stereocenters. The zero-order chi connectivity index (χ0) is 41.1. The van der Waals surface area contributed by atoms with Crippen molar-refractivity contribution in [3.8, 4) is 16.8 Å². The first-order chi connectivity index (χ1) is 30.7. The second kappa shape index (κ2) is 14.4. The van der Waals surface area contributed by atoms with Crippen molar-refractivity contribution in [1.29, 1.82) is 0 Å². The fraction of sp³-hybridized carbons (Fsp3) is 0. The van der Waals surface area contributed by atoms with Gasteiger partial charge in [0.15, 0.2) is 0 Å². The van der Waals surface area contributed by atoms with E-state index >= 15 is 0 Å². The Morgan fingerprint density at radius 1 is 0.500 bits per heavy atom. The van der Waals surface area contributed by atoms with E-state index in [4.69, 9.17) is 8.83 Å². The van der Waals surface area contributed by atoms with Crippen molar-refractivity contribution in [2.45, 2.75) is 0 Å². The topological polar surface area (TPSA) is 34.5 Å². The average Bonchev–Trinajstić information content (AvgIpc) is 4.00. The Morgan fingerprint density at radius 2 is 1.15 bits per heavy atom. The van der Waals surface area contributed by atoms with E-state index < -0.39 is 0 Å². The maximum Gasteiger partial charge on any atom is 0.142 e. The van der Waals surface area contributed by atoms with Crippen molar-refractivity contribution in [3.63, 3.8) is 0 Å². The molecule has 0 amide bonds. The molecule has 0 saturated heterocycles. The van der Waals surface area contributed by atoms with Gasteiger partial charge in [-0.05, 0) is 101 Å². The standard InChI is InChI=1S/C58H38N2O2/c1-2-42(19-13-17-38-18-14-24-49-48-23-8-12-28-55(48)62-58(38)49)59(43-30-32-44(33-31-43)60-53-26-10-6-21-46(53)47-22-7-11-27-54(47)60)52-25-9-5-20-45(52)41-29-34-56-50(36-41)51-35-39-15-3-4-16-40(39)37-57(51)61-56/h2-37H,1H2/b17-13+,42-19+. The number of benzene rings is 9. The maximum absolute atomic E-state index is 6.42. The molecule has 0 fully saturated rings. The molecule has 9 aromatic carbocycles. The number of allylic oxidation sites excluding steroid dienone is 3. The van der Waals surface area contributed by atoms with E-state index in [-0.39, 0.29) is 0 Å². The molecule has 292 valence electrons. The molecule has 0 spiro atoms. The third-order valence-corrected chi connectivity index (χ3v) is 12.2. The molecule has 0 atom stereocenters. The Balaban J connectivity index is 1.01. The Bertz CT molecular complexity index is 3730. The number of hydrogen-bond donors (Lipinski definition) is 0. The van der Waals surface area contributed by atoms with Crippen LogP contribution in [0.4, 0.5) is 11.4 Å². The van der Waals surface area contributed by atoms with Crippen LogP contribution >= 0.6 is 0 Å². The first-order valence-electron chi connectivity index (χ1n) is 20.9. The summed E-state index contributed by atoms with van der Waals surface area (Å²) in [6, 6.07) is 68.6. The van der Waals surface area contributed by atoms with E-state index in [2.05, 4.69) is 216 Å². The SMILES string of the molecule is C=C/C(=C\C=C\c1cccc2c1oc1ccccc12)N(c1ccc(-n2c3ccccc3c3ccccc32)cc1)c1ccccc1-c1ccc2oc3cc4ccccc4cc3c2c1. The summed E-state index contributed by atoms with van der Waals surface area (Å²) >= 11 is 0. The normalized spacial score (nSPS) is 12.3. The number of para-hydroxylation sites is 5. The van der Waals surface area contributed by atoms with Gasteiger partial charge in [-0.1, -0.05) is 140 Å². The first kappa shape index (κ1) is 35.6. The van der Waals surface area contributed by atoms with E-state index in [1.165, 1.54) is 27.2 Å². The molecule has 4 nitrogen and oxygen atoms in total. The summed E-state index contributed by atoms with van der Waals surface area (Å²) in [5, 5.41) is 9.23. The molecule has 0 aliphatic carbocycles. The predicted octanol–water partition coefficient (Wildman–Crippen LogP) is 16.3. The Kier molecular flexibility index (Phi) is 8.29. The summed E-state index contributed by atoms with van der Waals surface area (Å²) in [6.07, 6.45) is 8.27. The van der Waals surface area contributed by atoms with Gasteiger partial charge in [-0.2, -0.15) is 0 Å². The second-order valence-electron chi connectivity index (χ2n) is 15.7. The highest BCUT2D eigenvalue weighted by Gasteiger charge is 2.20. The van der Waals surface area contributed by atoms with Crippen LogP contribution in [-0.4, -0.2) is 4.57 Å². The number of hydrogen-bond acceptors (Lipinski definition) is 3. The van der Waals surface area contributed by atoms with Gasteiger partial charge in [0.1, 0.15) is 22.3 Å². The summed E-state index contributed by atoms with van der Waals surface area (Å²) in [7, 11) is 0. The van der Waals surface area contributed by atoms with Crippen LogP contribution < -0.4 is 4.90 Å². The summed E-state index contributed by atoms with van der Waals surface area (Å²) in [4.78, 5) is 2.30. The van der Waals surface area contributed by atoms with Gasteiger partial charge in [-0.25, -0.2) is 0 Å². The molecule has 0 saturated carbocycles. The van der Waals surface area contributed by atoms with Crippen molar-refractivity contribution in [2.24, 2.45) is 0 Å². The predicted molar refractivity (Wildman–Crippen MR) is 261 cm³/mol. The van der Waals surface area contributed by atoms with Crippen molar-refractivity contribution < 1.29 is 8.83 Å². The lowest BCUT2D eigenvalue weighted by Gasteiger charge is -2.29. The number of fused-ring (bicyclic) bond motifs is 10. The summed E-state index contributed by atoms with van der Waals surface area (Å²) in [5.41, 5.74) is 13.1. The smallest absolute Gasteiger partial charge is 0.142 e. The zero-order valence-corrected chi connectivity index (χ0v) is 33.7. The van der Waals surface area contributed by atoms with Crippen LogP contribution in [0.5, 0.6) is 0 Å². The van der Waals surface area contributed by atoms with Gasteiger partial charge < -0.3 is 18.3 Å². The molecule has 12 rings (SSSR count). The highest BCUT2D eigenvalue weighted by molar-refractivity contribution is 6.12. The van der Waals surface area contributed by atoms with Crippen LogP contribution in [-0.2, 0) is 0 Å². The Hall–Kier alpha value is -8.34. The van der Waals surface area contributed by atoms with Crippen molar-refractivity contribution in [2.75, 3.05) is 4.90 Å². The molecule has 4 heteroatoms. The Morgan fingerprint density at radius 3 is 1.94 bits per heavy atom. The molecule has 0 aliphatic rings. The highest BCUT2D eigenvalue weighted by atomic mass is 16.3. The number of anilines is 2. The van der Waals surface area contributed by atoms with Crippen LogP contribution in [0.15, 0.2) is 233 Å². The lowest BCUT2D eigenvalue weighted by molar-refractivity contribution is 0.668. The van der Waals surface area contributed by atoms with Crippen molar-refractivity contribution in [3.05, 3.63) is 230 Å². The summed E-state index contributed by atoms with van der Waals surface area (Å²) in [6.45, 7) is 4.38. The lowest BCUT2D eigenvalue weighted by atomic mass is 9.99. The third kappa shape index (κ3) is 5.76. The minimum absolute atomic E-state index is 0.866. The van der Waals surface area contributed by atoms with Gasteiger partial charge >= 0.3 is 0 Å². The largest absolute Gasteiger partial charge is 0.456 e. The first-order valence-corrected chi connectivity index (χ1v) is 20.9. The monoisotopic (exact) mass is 794 g/mol. The Labute approximate surface area is 357 Å². The van der Waals surface area contributed by atoms with Gasteiger partial charge in [-0.3, -0.25) is 0 Å². The highest BCUT2D eigenvalue weighted by Crippen LogP contribution is 2.42. The van der Waals surface area contributed by atoms with Gasteiger partial charge in [-0.15, -0.1) is 0 Å². The van der Waals surface area contributed by atoms with Crippen LogP contribution in [0.1, 0.15) is 5.56 Å². The van der Waals surface area contributed by atoms with E-state index in [0.29, 0.717) is 0 Å². The van der Waals surface area contributed by atoms with E-state index in [1.807, 2.05) is 18.2 Å². The molecule has 0 N–H and O–H groups in total. The minimum atomic E-state index is 0.866. The van der Waals surface area contributed by atoms with E-state index in [9.17, 15) is 0 Å². The maximum atomic E-state index is 6.42. The van der Waals surface area contributed by atoms with Gasteiger partial charge in [0.2, 0.25) is 0 Å². The molecule has 3 aromatic heterocycles. The minimum Gasteiger partial charge on any atom is -0.456 e.